The van der Waals surface area contributed by atoms with Crippen molar-refractivity contribution in [3.63, 3.8) is 0 Å². The third kappa shape index (κ3) is 6.09. The molecule has 5 nitrogen and oxygen atoms in total. The Morgan fingerprint density at radius 1 is 1.06 bits per heavy atom. The van der Waals surface area contributed by atoms with Gasteiger partial charge in [0.15, 0.2) is 10.9 Å². The lowest BCUT2D eigenvalue weighted by atomic mass is 10.2. The summed E-state index contributed by atoms with van der Waals surface area (Å²) < 4.78 is 11.7. The zero-order valence-electron chi connectivity index (χ0n) is 17.6. The highest BCUT2D eigenvalue weighted by atomic mass is 79.9. The fourth-order valence-electron chi connectivity index (χ4n) is 3.00. The molecule has 0 bridgehead atoms. The van der Waals surface area contributed by atoms with E-state index >= 15 is 0 Å². The number of halogens is 4. The number of ether oxygens (including phenoxy) is 2. The molecule has 1 fully saturated rings. The third-order valence-corrected chi connectivity index (χ3v) is 7.03. The molecule has 1 heterocycles. The minimum Gasteiger partial charge on any atom is -0.497 e. The van der Waals surface area contributed by atoms with E-state index in [4.69, 9.17) is 44.3 Å². The van der Waals surface area contributed by atoms with Gasteiger partial charge in [0.25, 0.3) is 5.91 Å². The Bertz CT molecular complexity index is 1290. The first-order chi connectivity index (χ1) is 16.3. The smallest absolute Gasteiger partial charge is 0.264 e. The molecule has 0 saturated carbocycles. The van der Waals surface area contributed by atoms with Crippen molar-refractivity contribution < 1.29 is 14.3 Å². The number of rotatable bonds is 6. The summed E-state index contributed by atoms with van der Waals surface area (Å²) in [6.07, 6.45) is 1.74. The van der Waals surface area contributed by atoms with Crippen LogP contribution in [0.5, 0.6) is 11.5 Å². The van der Waals surface area contributed by atoms with E-state index in [2.05, 4.69) is 26.2 Å². The van der Waals surface area contributed by atoms with Gasteiger partial charge in [-0.15, -0.1) is 0 Å². The number of hydrogen-bond donors (Lipinski definition) is 1. The molecule has 0 aliphatic carbocycles. The number of nitrogens with zero attached hydrogens (tertiary/aromatic N) is 1. The molecular formula is C24H16BrCl3N2O3S. The van der Waals surface area contributed by atoms with Crippen LogP contribution in [0.1, 0.15) is 11.1 Å². The van der Waals surface area contributed by atoms with E-state index in [1.165, 1.54) is 11.8 Å². The van der Waals surface area contributed by atoms with Gasteiger partial charge in [-0.05, 0) is 87.9 Å². The molecule has 0 spiro atoms. The van der Waals surface area contributed by atoms with E-state index in [9.17, 15) is 4.79 Å². The van der Waals surface area contributed by atoms with Crippen molar-refractivity contribution >= 4 is 85.3 Å². The average molecular weight is 599 g/mol. The van der Waals surface area contributed by atoms with Gasteiger partial charge in [-0.3, -0.25) is 4.79 Å². The Morgan fingerprint density at radius 3 is 2.50 bits per heavy atom. The number of nitrogens with one attached hydrogen (secondary N) is 1. The van der Waals surface area contributed by atoms with E-state index in [1.807, 2.05) is 30.3 Å². The molecule has 0 aromatic heterocycles. The molecule has 1 amide bonds. The SMILES string of the molecule is COc1ccc(N=C2NC(=O)/C(=C\c3cc(Cl)c(OCc4ccc(Cl)cc4Cl)c(Br)c3)S2)cc1. The predicted octanol–water partition coefficient (Wildman–Crippen LogP) is 7.89. The monoisotopic (exact) mass is 596 g/mol. The first-order valence-electron chi connectivity index (χ1n) is 9.82. The number of methoxy groups -OCH3 is 1. The van der Waals surface area contributed by atoms with E-state index in [0.717, 1.165) is 16.9 Å². The van der Waals surface area contributed by atoms with Crippen molar-refractivity contribution in [1.29, 1.82) is 0 Å². The maximum absolute atomic E-state index is 12.4. The first-order valence-corrected chi connectivity index (χ1v) is 12.6. The van der Waals surface area contributed by atoms with E-state index < -0.39 is 0 Å². The highest BCUT2D eigenvalue weighted by molar-refractivity contribution is 9.10. The van der Waals surface area contributed by atoms with Crippen molar-refractivity contribution in [2.45, 2.75) is 6.61 Å². The van der Waals surface area contributed by atoms with Gasteiger partial charge in [-0.1, -0.05) is 40.9 Å². The summed E-state index contributed by atoms with van der Waals surface area (Å²) in [5.41, 5.74) is 2.22. The van der Waals surface area contributed by atoms with Crippen molar-refractivity contribution in [3.8, 4) is 11.5 Å². The number of amidine groups is 1. The highest BCUT2D eigenvalue weighted by Gasteiger charge is 2.24. The zero-order valence-corrected chi connectivity index (χ0v) is 22.2. The normalized spacial score (nSPS) is 15.6. The van der Waals surface area contributed by atoms with Gasteiger partial charge in [0.2, 0.25) is 0 Å². The number of thioether (sulfide) groups is 1. The number of carbonyl (C=O) groups is 1. The number of aliphatic imine (C=N–C) groups is 1. The Hall–Kier alpha value is -2.16. The van der Waals surface area contributed by atoms with Gasteiger partial charge in [-0.2, -0.15) is 0 Å². The lowest BCUT2D eigenvalue weighted by molar-refractivity contribution is -0.115. The number of benzene rings is 3. The second kappa shape index (κ2) is 11.1. The van der Waals surface area contributed by atoms with E-state index in [-0.39, 0.29) is 12.5 Å². The standard InChI is InChI=1S/C24H16BrCl3N2O3S/c1-32-17-6-4-16(5-7-17)29-24-30-23(31)21(34-24)10-13-8-18(25)22(20(28)9-13)33-12-14-2-3-15(26)11-19(14)27/h2-11H,12H2,1H3,(H,29,30,31)/b21-10+. The molecule has 0 atom stereocenters. The van der Waals surface area contributed by atoms with Crippen molar-refractivity contribution in [1.82, 2.24) is 5.32 Å². The second-order valence-corrected chi connectivity index (χ2v) is 10.2. The molecule has 1 aliphatic rings. The Balaban J connectivity index is 1.49. The summed E-state index contributed by atoms with van der Waals surface area (Å²) in [6, 6.07) is 16.0. The summed E-state index contributed by atoms with van der Waals surface area (Å²) in [5.74, 6) is 0.973. The van der Waals surface area contributed by atoms with Gasteiger partial charge in [0.05, 0.1) is 27.2 Å². The fraction of sp³-hybridized carbons (Fsp3) is 0.0833. The van der Waals surface area contributed by atoms with Gasteiger partial charge in [-0.25, -0.2) is 4.99 Å². The van der Waals surface area contributed by atoms with Crippen molar-refractivity contribution in [2.75, 3.05) is 7.11 Å². The van der Waals surface area contributed by atoms with Crippen molar-refractivity contribution in [2.24, 2.45) is 4.99 Å². The molecule has 0 radical (unpaired) electrons. The zero-order chi connectivity index (χ0) is 24.2. The van der Waals surface area contributed by atoms with Crippen molar-refractivity contribution in [3.05, 3.63) is 90.2 Å². The van der Waals surface area contributed by atoms with Crippen LogP contribution in [0.4, 0.5) is 5.69 Å². The number of hydrogen-bond acceptors (Lipinski definition) is 5. The molecule has 4 rings (SSSR count). The van der Waals surface area contributed by atoms with Gasteiger partial charge < -0.3 is 14.8 Å². The summed E-state index contributed by atoms with van der Waals surface area (Å²) in [5, 5.41) is 4.72. The van der Waals surface area contributed by atoms with Crippen LogP contribution >= 0.6 is 62.5 Å². The fourth-order valence-corrected chi connectivity index (χ4v) is 5.29. The second-order valence-electron chi connectivity index (χ2n) is 7.02. The average Bonchev–Trinajstić information content (AvgIpc) is 3.13. The van der Waals surface area contributed by atoms with Gasteiger partial charge >= 0.3 is 0 Å². The minimum absolute atomic E-state index is 0.220. The Labute approximate surface area is 224 Å². The van der Waals surface area contributed by atoms with Crippen LogP contribution in [-0.4, -0.2) is 18.2 Å². The topological polar surface area (TPSA) is 59.9 Å². The van der Waals surface area contributed by atoms with Crippen LogP contribution in [0.15, 0.2) is 69.0 Å². The molecule has 1 aliphatic heterocycles. The van der Waals surface area contributed by atoms with Crippen LogP contribution in [0.2, 0.25) is 15.1 Å². The van der Waals surface area contributed by atoms with Gasteiger partial charge in [0.1, 0.15) is 12.4 Å². The first kappa shape index (κ1) is 24.9. The van der Waals surface area contributed by atoms with E-state index in [1.54, 1.807) is 37.5 Å². The lowest BCUT2D eigenvalue weighted by Gasteiger charge is -2.12. The number of carbonyl (C=O) groups excluding carboxylic acids is 1. The van der Waals surface area contributed by atoms with Crippen LogP contribution in [0.25, 0.3) is 6.08 Å². The quantitative estimate of drug-likeness (QED) is 0.293. The highest BCUT2D eigenvalue weighted by Crippen LogP contribution is 2.37. The summed E-state index contributed by atoms with van der Waals surface area (Å²) in [6.45, 7) is 0.220. The largest absolute Gasteiger partial charge is 0.497 e. The predicted molar refractivity (Wildman–Crippen MR) is 144 cm³/mol. The van der Waals surface area contributed by atoms with E-state index in [0.29, 0.717) is 41.1 Å². The molecule has 34 heavy (non-hydrogen) atoms. The summed E-state index contributed by atoms with van der Waals surface area (Å²) in [7, 11) is 1.60. The van der Waals surface area contributed by atoms with Crippen LogP contribution in [0.3, 0.4) is 0 Å². The molecule has 10 heteroatoms. The molecule has 0 unspecified atom stereocenters. The van der Waals surface area contributed by atoms with Crippen LogP contribution < -0.4 is 14.8 Å². The molecule has 3 aromatic rings. The number of amides is 1. The maximum atomic E-state index is 12.4. The maximum Gasteiger partial charge on any atom is 0.264 e. The van der Waals surface area contributed by atoms with Gasteiger partial charge in [0, 0.05) is 15.6 Å². The Kier molecular flexibility index (Phi) is 8.11. The summed E-state index contributed by atoms with van der Waals surface area (Å²) in [4.78, 5) is 17.4. The minimum atomic E-state index is -0.234. The molecule has 1 saturated heterocycles. The molecule has 3 aromatic carbocycles. The molecular weight excluding hydrogens is 583 g/mol. The third-order valence-electron chi connectivity index (χ3n) is 4.66. The summed E-state index contributed by atoms with van der Waals surface area (Å²) >= 11 is 23.4. The van der Waals surface area contributed by atoms with Crippen LogP contribution in [-0.2, 0) is 11.4 Å². The molecule has 174 valence electrons. The lowest BCUT2D eigenvalue weighted by Crippen LogP contribution is -2.19. The molecule has 1 N–H and O–H groups in total. The Morgan fingerprint density at radius 2 is 1.82 bits per heavy atom. The van der Waals surface area contributed by atoms with Crippen LogP contribution in [0, 0.1) is 0 Å².